The van der Waals surface area contributed by atoms with Gasteiger partial charge in [0.05, 0.1) is 11.4 Å². The van der Waals surface area contributed by atoms with Crippen LogP contribution in [0.5, 0.6) is 0 Å². The normalized spacial score (nSPS) is 10.4. The van der Waals surface area contributed by atoms with Crippen LogP contribution in [0.25, 0.3) is 0 Å². The number of aromatic nitrogens is 1. The second-order valence-corrected chi connectivity index (χ2v) is 4.12. The molecule has 0 radical (unpaired) electrons. The van der Waals surface area contributed by atoms with Gasteiger partial charge in [0.2, 0.25) is 0 Å². The van der Waals surface area contributed by atoms with E-state index in [9.17, 15) is 4.39 Å². The number of nitrogens with zero attached hydrogens (tertiary/aromatic N) is 2. The zero-order valence-corrected chi connectivity index (χ0v) is 10.5. The smallest absolute Gasteiger partial charge is 0.156 e. The monoisotopic (exact) mass is 245 g/mol. The minimum Gasteiger partial charge on any atom is -0.396 e. The van der Waals surface area contributed by atoms with Crippen molar-refractivity contribution in [3.8, 4) is 0 Å². The summed E-state index contributed by atoms with van der Waals surface area (Å²) in [6, 6.07) is 8.46. The number of hydrogen-bond acceptors (Lipinski definition) is 3. The lowest BCUT2D eigenvalue weighted by Gasteiger charge is -2.24. The average molecular weight is 245 g/mol. The van der Waals surface area contributed by atoms with Gasteiger partial charge in [-0.2, -0.15) is 0 Å². The van der Waals surface area contributed by atoms with Crippen molar-refractivity contribution in [1.82, 2.24) is 4.98 Å². The average Bonchev–Trinajstić information content (AvgIpc) is 2.34. The van der Waals surface area contributed by atoms with Gasteiger partial charge in [-0.15, -0.1) is 0 Å². The van der Waals surface area contributed by atoms with E-state index in [2.05, 4.69) is 4.98 Å². The number of halogens is 1. The maximum absolute atomic E-state index is 13.8. The summed E-state index contributed by atoms with van der Waals surface area (Å²) in [5.41, 5.74) is 7.99. The fourth-order valence-electron chi connectivity index (χ4n) is 1.91. The first kappa shape index (κ1) is 12.4. The molecular formula is C14H16FN3. The standard InChI is InChI=1S/C14H16FN3/c1-3-18(13-7-5-4-6-11(13)15)14-12(16)8-10(2)9-17-14/h4-9H,3,16H2,1-2H3. The maximum Gasteiger partial charge on any atom is 0.156 e. The van der Waals surface area contributed by atoms with Gasteiger partial charge in [0, 0.05) is 12.7 Å². The molecule has 2 N–H and O–H groups in total. The van der Waals surface area contributed by atoms with Gasteiger partial charge in [-0.05, 0) is 37.6 Å². The lowest BCUT2D eigenvalue weighted by molar-refractivity contribution is 0.625. The molecule has 0 aliphatic rings. The minimum atomic E-state index is -0.277. The molecule has 0 fully saturated rings. The van der Waals surface area contributed by atoms with Gasteiger partial charge in [0.25, 0.3) is 0 Å². The number of para-hydroxylation sites is 1. The van der Waals surface area contributed by atoms with Crippen molar-refractivity contribution in [1.29, 1.82) is 0 Å². The van der Waals surface area contributed by atoms with Crippen LogP contribution >= 0.6 is 0 Å². The van der Waals surface area contributed by atoms with E-state index in [0.717, 1.165) is 5.56 Å². The molecule has 3 nitrogen and oxygen atoms in total. The van der Waals surface area contributed by atoms with Gasteiger partial charge in [-0.1, -0.05) is 12.1 Å². The van der Waals surface area contributed by atoms with Crippen molar-refractivity contribution in [2.24, 2.45) is 0 Å². The Morgan fingerprint density at radius 3 is 2.67 bits per heavy atom. The summed E-state index contributed by atoms with van der Waals surface area (Å²) in [5.74, 6) is 0.314. The fraction of sp³-hybridized carbons (Fsp3) is 0.214. The fourth-order valence-corrected chi connectivity index (χ4v) is 1.91. The van der Waals surface area contributed by atoms with Crippen LogP contribution in [0, 0.1) is 12.7 Å². The van der Waals surface area contributed by atoms with Crippen molar-refractivity contribution >= 4 is 17.2 Å². The predicted molar refractivity (Wildman–Crippen MR) is 72.5 cm³/mol. The summed E-state index contributed by atoms with van der Waals surface area (Å²) in [4.78, 5) is 6.07. The molecule has 2 aromatic rings. The molecule has 0 aliphatic heterocycles. The van der Waals surface area contributed by atoms with Gasteiger partial charge < -0.3 is 10.6 Å². The molecule has 0 spiro atoms. The van der Waals surface area contributed by atoms with Gasteiger partial charge >= 0.3 is 0 Å². The van der Waals surface area contributed by atoms with E-state index in [0.29, 0.717) is 23.7 Å². The minimum absolute atomic E-state index is 0.277. The van der Waals surface area contributed by atoms with Crippen LogP contribution in [0.1, 0.15) is 12.5 Å². The summed E-state index contributed by atoms with van der Waals surface area (Å²) in [7, 11) is 0. The van der Waals surface area contributed by atoms with Crippen LogP contribution < -0.4 is 10.6 Å². The second kappa shape index (κ2) is 5.04. The highest BCUT2D eigenvalue weighted by atomic mass is 19.1. The van der Waals surface area contributed by atoms with E-state index in [1.165, 1.54) is 6.07 Å². The number of benzene rings is 1. The van der Waals surface area contributed by atoms with Crippen molar-refractivity contribution in [3.05, 3.63) is 47.9 Å². The van der Waals surface area contributed by atoms with Gasteiger partial charge in [-0.25, -0.2) is 9.37 Å². The highest BCUT2D eigenvalue weighted by molar-refractivity contribution is 5.71. The first-order valence-corrected chi connectivity index (χ1v) is 5.87. The number of rotatable bonds is 3. The molecule has 0 unspecified atom stereocenters. The third-order valence-electron chi connectivity index (χ3n) is 2.75. The lowest BCUT2D eigenvalue weighted by atomic mass is 10.2. The maximum atomic E-state index is 13.8. The summed E-state index contributed by atoms with van der Waals surface area (Å²) in [6.07, 6.45) is 1.73. The molecule has 0 amide bonds. The molecule has 0 atom stereocenters. The van der Waals surface area contributed by atoms with Crippen molar-refractivity contribution in [2.75, 3.05) is 17.2 Å². The molecule has 0 aliphatic carbocycles. The van der Waals surface area contributed by atoms with Crippen molar-refractivity contribution in [2.45, 2.75) is 13.8 Å². The Morgan fingerprint density at radius 1 is 1.33 bits per heavy atom. The molecule has 94 valence electrons. The van der Waals surface area contributed by atoms with E-state index in [-0.39, 0.29) is 5.82 Å². The third-order valence-corrected chi connectivity index (χ3v) is 2.75. The molecule has 1 aromatic heterocycles. The first-order chi connectivity index (χ1) is 8.63. The van der Waals surface area contributed by atoms with E-state index >= 15 is 0 Å². The number of aryl methyl sites for hydroxylation is 1. The van der Waals surface area contributed by atoms with Crippen LogP contribution in [-0.2, 0) is 0 Å². The third kappa shape index (κ3) is 2.27. The van der Waals surface area contributed by atoms with Gasteiger partial charge in [-0.3, -0.25) is 0 Å². The Morgan fingerprint density at radius 2 is 2.06 bits per heavy atom. The van der Waals surface area contributed by atoms with E-state index in [4.69, 9.17) is 5.73 Å². The summed E-state index contributed by atoms with van der Waals surface area (Å²) in [6.45, 7) is 4.46. The van der Waals surface area contributed by atoms with E-state index in [1.807, 2.05) is 19.9 Å². The van der Waals surface area contributed by atoms with Crippen LogP contribution in [0.4, 0.5) is 21.6 Å². The van der Waals surface area contributed by atoms with Crippen LogP contribution in [0.2, 0.25) is 0 Å². The Labute approximate surface area is 106 Å². The molecule has 1 aromatic carbocycles. The summed E-state index contributed by atoms with van der Waals surface area (Å²) >= 11 is 0. The Kier molecular flexibility index (Phi) is 3.46. The first-order valence-electron chi connectivity index (χ1n) is 5.87. The van der Waals surface area contributed by atoms with Crippen molar-refractivity contribution < 1.29 is 4.39 Å². The molecule has 18 heavy (non-hydrogen) atoms. The van der Waals surface area contributed by atoms with Gasteiger partial charge in [0.1, 0.15) is 5.82 Å². The predicted octanol–water partition coefficient (Wildman–Crippen LogP) is 3.27. The van der Waals surface area contributed by atoms with Crippen LogP contribution in [0.15, 0.2) is 36.5 Å². The molecular weight excluding hydrogens is 229 g/mol. The number of nitrogens with two attached hydrogens (primary N) is 1. The van der Waals surface area contributed by atoms with Crippen LogP contribution in [0.3, 0.4) is 0 Å². The molecule has 4 heteroatoms. The number of hydrogen-bond donors (Lipinski definition) is 1. The second-order valence-electron chi connectivity index (χ2n) is 4.12. The van der Waals surface area contributed by atoms with Crippen LogP contribution in [-0.4, -0.2) is 11.5 Å². The Hall–Kier alpha value is -2.10. The van der Waals surface area contributed by atoms with Crippen molar-refractivity contribution in [3.63, 3.8) is 0 Å². The highest BCUT2D eigenvalue weighted by Crippen LogP contribution is 2.30. The van der Waals surface area contributed by atoms with E-state index < -0.39 is 0 Å². The Balaban J connectivity index is 2.49. The highest BCUT2D eigenvalue weighted by Gasteiger charge is 2.15. The molecule has 0 bridgehead atoms. The molecule has 1 heterocycles. The Bertz CT molecular complexity index is 554. The largest absolute Gasteiger partial charge is 0.396 e. The number of pyridine rings is 1. The lowest BCUT2D eigenvalue weighted by Crippen LogP contribution is -2.20. The number of anilines is 3. The molecule has 0 saturated carbocycles. The number of nitrogen functional groups attached to an aromatic ring is 1. The topological polar surface area (TPSA) is 42.2 Å². The zero-order valence-electron chi connectivity index (χ0n) is 10.5. The molecule has 2 rings (SSSR count). The summed E-state index contributed by atoms with van der Waals surface area (Å²) < 4.78 is 13.8. The molecule has 0 saturated heterocycles. The van der Waals surface area contributed by atoms with E-state index in [1.54, 1.807) is 29.3 Å². The zero-order chi connectivity index (χ0) is 13.1. The summed E-state index contributed by atoms with van der Waals surface area (Å²) in [5, 5.41) is 0. The SMILES string of the molecule is CCN(c1ccccc1F)c1ncc(C)cc1N. The quantitative estimate of drug-likeness (QED) is 0.902. The van der Waals surface area contributed by atoms with Gasteiger partial charge in [0.15, 0.2) is 5.82 Å².